The van der Waals surface area contributed by atoms with Crippen LogP contribution in [0.3, 0.4) is 0 Å². The Labute approximate surface area is 262 Å². The van der Waals surface area contributed by atoms with Gasteiger partial charge in [-0.15, -0.1) is 0 Å². The van der Waals surface area contributed by atoms with Gasteiger partial charge in [0.05, 0.1) is 30.9 Å². The van der Waals surface area contributed by atoms with Gasteiger partial charge < -0.3 is 24.1 Å². The second kappa shape index (κ2) is 17.7. The number of carbonyl (C=O) groups is 3. The van der Waals surface area contributed by atoms with Gasteiger partial charge in [0, 0.05) is 11.6 Å². The Morgan fingerprint density at radius 2 is 1.45 bits per heavy atom. The Balaban J connectivity index is 1.47. The van der Waals surface area contributed by atoms with E-state index in [4.69, 9.17) is 18.9 Å². The fourth-order valence-corrected chi connectivity index (χ4v) is 5.42. The number of phenols is 1. The van der Waals surface area contributed by atoms with Crippen molar-refractivity contribution in [3.63, 3.8) is 0 Å². The first-order valence-corrected chi connectivity index (χ1v) is 16.3. The van der Waals surface area contributed by atoms with Crippen LogP contribution in [0.1, 0.15) is 137 Å². The maximum Gasteiger partial charge on any atom is 0.347 e. The first kappa shape index (κ1) is 34.9. The first-order valence-electron chi connectivity index (χ1n) is 16.3. The maximum absolute atomic E-state index is 12.6. The van der Waals surface area contributed by atoms with Crippen LogP contribution < -0.4 is 14.2 Å². The van der Waals surface area contributed by atoms with Crippen molar-refractivity contribution in [1.82, 2.24) is 0 Å². The molecule has 0 saturated carbocycles. The predicted molar refractivity (Wildman–Crippen MR) is 171 cm³/mol. The molecule has 44 heavy (non-hydrogen) atoms. The van der Waals surface area contributed by atoms with Crippen LogP contribution in [0.5, 0.6) is 23.0 Å². The highest BCUT2D eigenvalue weighted by Crippen LogP contribution is 2.38. The quantitative estimate of drug-likeness (QED) is 0.0964. The van der Waals surface area contributed by atoms with E-state index in [1.165, 1.54) is 33.1 Å². The van der Waals surface area contributed by atoms with E-state index >= 15 is 0 Å². The summed E-state index contributed by atoms with van der Waals surface area (Å²) in [4.78, 5) is 36.8. The minimum absolute atomic E-state index is 0.000185. The summed E-state index contributed by atoms with van der Waals surface area (Å²) in [7, 11) is 0. The molecule has 0 unspecified atom stereocenters. The van der Waals surface area contributed by atoms with Crippen molar-refractivity contribution >= 4 is 17.5 Å². The second-order valence-electron chi connectivity index (χ2n) is 11.9. The summed E-state index contributed by atoms with van der Waals surface area (Å²) in [6, 6.07) is 6.89. The Morgan fingerprint density at radius 3 is 2.11 bits per heavy atom. The molecule has 0 radical (unpaired) electrons. The van der Waals surface area contributed by atoms with Gasteiger partial charge in [0.1, 0.15) is 23.0 Å². The van der Waals surface area contributed by atoms with Crippen LogP contribution in [0, 0.1) is 0 Å². The van der Waals surface area contributed by atoms with Crippen molar-refractivity contribution in [1.29, 1.82) is 0 Å². The third-order valence-corrected chi connectivity index (χ3v) is 7.93. The number of hydrogen-bond acceptors (Lipinski definition) is 8. The number of aromatic hydroxyl groups is 1. The molecule has 0 saturated heterocycles. The number of ether oxygens (including phenoxy) is 4. The lowest BCUT2D eigenvalue weighted by molar-refractivity contribution is -0.152. The van der Waals surface area contributed by atoms with Crippen LogP contribution in [0.25, 0.3) is 0 Å². The minimum Gasteiger partial charge on any atom is -0.507 e. The minimum atomic E-state index is -0.657. The van der Waals surface area contributed by atoms with Gasteiger partial charge in [0.15, 0.2) is 17.7 Å². The number of aryl methyl sites for hydroxylation is 1. The van der Waals surface area contributed by atoms with Crippen molar-refractivity contribution in [2.24, 2.45) is 0 Å². The van der Waals surface area contributed by atoms with Crippen LogP contribution in [-0.4, -0.2) is 48.6 Å². The number of unbranched alkanes of at least 4 members (excludes halogenated alkanes) is 7. The molecule has 242 valence electrons. The number of esters is 1. The van der Waals surface area contributed by atoms with Gasteiger partial charge in [-0.1, -0.05) is 52.9 Å². The molecule has 1 aliphatic rings. The van der Waals surface area contributed by atoms with Gasteiger partial charge in [-0.2, -0.15) is 0 Å². The van der Waals surface area contributed by atoms with Gasteiger partial charge >= 0.3 is 5.97 Å². The van der Waals surface area contributed by atoms with E-state index < -0.39 is 6.10 Å². The molecule has 8 heteroatoms. The number of Topliss-reactive ketones (excluding diaryl/α,β-unsaturated/α-hetero) is 2. The van der Waals surface area contributed by atoms with Crippen molar-refractivity contribution in [2.75, 3.05) is 19.8 Å². The molecule has 0 bridgehead atoms. The molecule has 3 rings (SSSR count). The average Bonchev–Trinajstić information content (AvgIpc) is 2.98. The zero-order valence-corrected chi connectivity index (χ0v) is 27.2. The van der Waals surface area contributed by atoms with E-state index in [1.54, 1.807) is 18.2 Å². The molecule has 1 N–H and O–H groups in total. The highest BCUT2D eigenvalue weighted by molar-refractivity contribution is 5.98. The summed E-state index contributed by atoms with van der Waals surface area (Å²) >= 11 is 0. The summed E-state index contributed by atoms with van der Waals surface area (Å²) in [5, 5.41) is 10.6. The number of phenolic OH excluding ortho intramolecular Hbond substituents is 1. The molecule has 0 aromatic heterocycles. The standard InChI is InChI=1S/C36H50O8/c1-6-7-8-9-10-12-21-43-36(40)31-17-15-27-22-29(26(5)38)33(23-32(27)44-31)42-20-14-11-13-19-41-30-18-16-28(25(4)37)35(39)34(30)24(2)3/h16,18,22-24,31,39H,6-15,17,19-21H2,1-5H3/t31-/m1/s1. The summed E-state index contributed by atoms with van der Waals surface area (Å²) in [6.07, 6.45) is 9.59. The zero-order chi connectivity index (χ0) is 32.1. The number of hydrogen-bond donors (Lipinski definition) is 1. The number of fused-ring (bicyclic) bond motifs is 1. The molecule has 8 nitrogen and oxygen atoms in total. The van der Waals surface area contributed by atoms with Crippen molar-refractivity contribution in [2.45, 2.75) is 117 Å². The molecule has 0 aliphatic carbocycles. The first-order chi connectivity index (χ1) is 21.1. The van der Waals surface area contributed by atoms with E-state index in [9.17, 15) is 19.5 Å². The highest BCUT2D eigenvalue weighted by Gasteiger charge is 2.29. The smallest absolute Gasteiger partial charge is 0.347 e. The van der Waals surface area contributed by atoms with Crippen LogP contribution in [-0.2, 0) is 16.0 Å². The van der Waals surface area contributed by atoms with Crippen LogP contribution in [0.4, 0.5) is 0 Å². The van der Waals surface area contributed by atoms with Crippen molar-refractivity contribution in [3.8, 4) is 23.0 Å². The third-order valence-electron chi connectivity index (χ3n) is 7.93. The summed E-state index contributed by atoms with van der Waals surface area (Å²) in [6.45, 7) is 10.3. The lowest BCUT2D eigenvalue weighted by Gasteiger charge is -2.26. The summed E-state index contributed by atoms with van der Waals surface area (Å²) in [5.74, 6) is 0.984. The SMILES string of the molecule is CCCCCCCCOC(=O)[C@H]1CCc2cc(C(C)=O)c(OCCCCCOc3ccc(C(C)=O)c(O)c3C(C)C)cc2O1. The van der Waals surface area contributed by atoms with E-state index in [1.807, 2.05) is 19.9 Å². The maximum atomic E-state index is 12.6. The van der Waals surface area contributed by atoms with Gasteiger partial charge in [0.2, 0.25) is 0 Å². The molecule has 2 aromatic rings. The molecule has 0 spiro atoms. The molecule has 1 heterocycles. The van der Waals surface area contributed by atoms with Crippen LogP contribution in [0.15, 0.2) is 24.3 Å². The molecule has 0 fully saturated rings. The van der Waals surface area contributed by atoms with Gasteiger partial charge in [-0.05, 0) is 82.1 Å². The predicted octanol–water partition coefficient (Wildman–Crippen LogP) is 8.15. The van der Waals surface area contributed by atoms with Gasteiger partial charge in [0.25, 0.3) is 0 Å². The van der Waals surface area contributed by atoms with Gasteiger partial charge in [-0.25, -0.2) is 4.79 Å². The van der Waals surface area contributed by atoms with Crippen molar-refractivity contribution in [3.05, 3.63) is 46.5 Å². The molecule has 1 atom stereocenters. The molecular formula is C36H50O8. The molecule has 1 aliphatic heterocycles. The monoisotopic (exact) mass is 610 g/mol. The number of rotatable bonds is 19. The van der Waals surface area contributed by atoms with Crippen LogP contribution >= 0.6 is 0 Å². The molecule has 2 aromatic carbocycles. The number of carbonyl (C=O) groups excluding carboxylic acids is 3. The Bertz CT molecular complexity index is 1270. The molecule has 0 amide bonds. The van der Waals surface area contributed by atoms with Gasteiger partial charge in [-0.3, -0.25) is 9.59 Å². The van der Waals surface area contributed by atoms with E-state index in [0.717, 1.165) is 44.1 Å². The summed E-state index contributed by atoms with van der Waals surface area (Å²) < 4.78 is 23.5. The second-order valence-corrected chi connectivity index (χ2v) is 11.9. The fourth-order valence-electron chi connectivity index (χ4n) is 5.42. The number of benzene rings is 2. The lowest BCUT2D eigenvalue weighted by atomic mass is 9.96. The highest BCUT2D eigenvalue weighted by atomic mass is 16.6. The largest absolute Gasteiger partial charge is 0.507 e. The van der Waals surface area contributed by atoms with E-state index in [2.05, 4.69) is 6.92 Å². The third kappa shape index (κ3) is 10.00. The Hall–Kier alpha value is -3.55. The van der Waals surface area contributed by atoms with E-state index in [-0.39, 0.29) is 29.2 Å². The Kier molecular flexibility index (Phi) is 14.0. The fraction of sp³-hybridized carbons (Fsp3) is 0.583. The topological polar surface area (TPSA) is 108 Å². The van der Waals surface area contributed by atoms with Crippen LogP contribution in [0.2, 0.25) is 0 Å². The van der Waals surface area contributed by atoms with E-state index in [0.29, 0.717) is 66.6 Å². The molecular weight excluding hydrogens is 560 g/mol. The normalized spacial score (nSPS) is 14.1. The Morgan fingerprint density at radius 1 is 0.841 bits per heavy atom. The zero-order valence-electron chi connectivity index (χ0n) is 27.2. The average molecular weight is 611 g/mol. The summed E-state index contributed by atoms with van der Waals surface area (Å²) in [5.41, 5.74) is 2.34. The van der Waals surface area contributed by atoms with Crippen molar-refractivity contribution < 1.29 is 38.4 Å². The number of ketones is 2. The lowest BCUT2D eigenvalue weighted by Crippen LogP contribution is -2.33.